The lowest BCUT2D eigenvalue weighted by Crippen LogP contribution is -2.39. The second-order valence-corrected chi connectivity index (χ2v) is 6.71. The van der Waals surface area contributed by atoms with Crippen molar-refractivity contribution in [1.29, 1.82) is 0 Å². The first-order valence-electron chi connectivity index (χ1n) is 9.66. The van der Waals surface area contributed by atoms with Gasteiger partial charge in [0, 0.05) is 18.5 Å². The van der Waals surface area contributed by atoms with E-state index in [2.05, 4.69) is 23.5 Å². The topological polar surface area (TPSA) is 58.2 Å². The van der Waals surface area contributed by atoms with E-state index in [0.29, 0.717) is 43.6 Å². The number of para-hydroxylation sites is 1. The summed E-state index contributed by atoms with van der Waals surface area (Å²) < 4.78 is 28.7. The first kappa shape index (κ1) is 19.2. The largest absolute Gasteiger partial charge is 0.493 e. The molecule has 0 aliphatic carbocycles. The van der Waals surface area contributed by atoms with Crippen molar-refractivity contribution in [2.45, 2.75) is 6.10 Å². The molecular formula is C23H25NO5. The fraction of sp³-hybridized carbons (Fsp3) is 0.304. The van der Waals surface area contributed by atoms with Gasteiger partial charge in [-0.1, -0.05) is 36.4 Å². The zero-order valence-corrected chi connectivity index (χ0v) is 16.6. The molecule has 1 N–H and O–H groups in total. The molecule has 29 heavy (non-hydrogen) atoms. The number of nitrogens with one attached hydrogen (secondary N) is 1. The molecule has 3 aromatic carbocycles. The Labute approximate surface area is 170 Å². The van der Waals surface area contributed by atoms with E-state index in [-0.39, 0.29) is 6.10 Å². The molecule has 0 radical (unpaired) electrons. The lowest BCUT2D eigenvalue weighted by atomic mass is 10.1. The lowest BCUT2D eigenvalue weighted by Gasteiger charge is -2.27. The van der Waals surface area contributed by atoms with Gasteiger partial charge in [0.25, 0.3) is 0 Å². The number of hydrogen-bond acceptors (Lipinski definition) is 6. The van der Waals surface area contributed by atoms with Crippen LogP contribution in [0.4, 0.5) is 0 Å². The first-order valence-corrected chi connectivity index (χ1v) is 9.66. The quantitative estimate of drug-likeness (QED) is 0.588. The van der Waals surface area contributed by atoms with Crippen molar-refractivity contribution in [1.82, 2.24) is 5.32 Å². The van der Waals surface area contributed by atoms with E-state index in [0.717, 1.165) is 22.3 Å². The summed E-state index contributed by atoms with van der Waals surface area (Å²) in [4.78, 5) is 0. The third kappa shape index (κ3) is 4.17. The minimum absolute atomic E-state index is 0.0514. The first-order chi connectivity index (χ1) is 14.3. The molecule has 0 saturated carbocycles. The number of rotatable bonds is 8. The molecule has 0 spiro atoms. The van der Waals surface area contributed by atoms with E-state index in [9.17, 15) is 0 Å². The van der Waals surface area contributed by atoms with Gasteiger partial charge in [-0.2, -0.15) is 0 Å². The van der Waals surface area contributed by atoms with E-state index >= 15 is 0 Å². The zero-order valence-electron chi connectivity index (χ0n) is 16.6. The second kappa shape index (κ2) is 8.92. The average Bonchev–Trinajstić information content (AvgIpc) is 2.78. The molecule has 0 fully saturated rings. The van der Waals surface area contributed by atoms with Crippen LogP contribution in [0.3, 0.4) is 0 Å². The van der Waals surface area contributed by atoms with Crippen LogP contribution < -0.4 is 29.0 Å². The van der Waals surface area contributed by atoms with Crippen LogP contribution in [0.5, 0.6) is 28.7 Å². The van der Waals surface area contributed by atoms with Crippen molar-refractivity contribution in [3.8, 4) is 28.7 Å². The Kier molecular flexibility index (Phi) is 5.91. The van der Waals surface area contributed by atoms with Crippen LogP contribution in [-0.4, -0.2) is 46.6 Å². The summed E-state index contributed by atoms with van der Waals surface area (Å²) in [6.07, 6.45) is -0.0514. The summed E-state index contributed by atoms with van der Waals surface area (Å²) in [6.45, 7) is 2.31. The molecule has 1 aliphatic heterocycles. The predicted molar refractivity (Wildman–Crippen MR) is 112 cm³/mol. The van der Waals surface area contributed by atoms with Crippen molar-refractivity contribution in [3.63, 3.8) is 0 Å². The number of fused-ring (bicyclic) bond motifs is 3. The van der Waals surface area contributed by atoms with E-state index < -0.39 is 0 Å². The summed E-state index contributed by atoms with van der Waals surface area (Å²) in [5, 5.41) is 5.58. The highest BCUT2D eigenvalue weighted by molar-refractivity contribution is 5.90. The Balaban J connectivity index is 1.28. The minimum Gasteiger partial charge on any atom is -0.493 e. The molecule has 3 aromatic rings. The van der Waals surface area contributed by atoms with Crippen LogP contribution in [0.2, 0.25) is 0 Å². The summed E-state index contributed by atoms with van der Waals surface area (Å²) in [6, 6.07) is 17.7. The third-order valence-corrected chi connectivity index (χ3v) is 4.83. The second-order valence-electron chi connectivity index (χ2n) is 6.71. The SMILES string of the molecule is COc1cccc(OC)c1OCCNCC1COc2c(ccc3ccccc23)O1. The van der Waals surface area contributed by atoms with Gasteiger partial charge < -0.3 is 29.0 Å². The summed E-state index contributed by atoms with van der Waals surface area (Å²) in [5.41, 5.74) is 0. The fourth-order valence-electron chi connectivity index (χ4n) is 3.40. The Morgan fingerprint density at radius 3 is 2.55 bits per heavy atom. The summed E-state index contributed by atoms with van der Waals surface area (Å²) in [5.74, 6) is 3.52. The highest BCUT2D eigenvalue weighted by Gasteiger charge is 2.22. The van der Waals surface area contributed by atoms with Crippen molar-refractivity contribution in [2.24, 2.45) is 0 Å². The standard InChI is InChI=1S/C23H25NO5/c1-25-19-8-5-9-20(26-2)23(19)27-13-12-24-14-17-15-28-22-18-7-4-3-6-16(18)10-11-21(22)29-17/h3-11,17,24H,12-15H2,1-2H3. The Morgan fingerprint density at radius 2 is 1.76 bits per heavy atom. The molecule has 1 aliphatic rings. The van der Waals surface area contributed by atoms with Crippen molar-refractivity contribution < 1.29 is 23.7 Å². The molecule has 4 rings (SSSR count). The molecule has 6 heteroatoms. The Morgan fingerprint density at radius 1 is 0.966 bits per heavy atom. The van der Waals surface area contributed by atoms with Gasteiger partial charge in [0.1, 0.15) is 19.3 Å². The maximum absolute atomic E-state index is 6.11. The van der Waals surface area contributed by atoms with Gasteiger partial charge in [0.15, 0.2) is 23.0 Å². The van der Waals surface area contributed by atoms with Crippen molar-refractivity contribution in [3.05, 3.63) is 54.6 Å². The van der Waals surface area contributed by atoms with Gasteiger partial charge in [0.05, 0.1) is 14.2 Å². The van der Waals surface area contributed by atoms with E-state index in [1.54, 1.807) is 14.2 Å². The molecule has 6 nitrogen and oxygen atoms in total. The average molecular weight is 395 g/mol. The van der Waals surface area contributed by atoms with Gasteiger partial charge in [-0.3, -0.25) is 0 Å². The Bertz CT molecular complexity index is 952. The van der Waals surface area contributed by atoms with Gasteiger partial charge in [-0.05, 0) is 23.6 Å². The van der Waals surface area contributed by atoms with Gasteiger partial charge >= 0.3 is 0 Å². The number of methoxy groups -OCH3 is 2. The van der Waals surface area contributed by atoms with Crippen LogP contribution >= 0.6 is 0 Å². The minimum atomic E-state index is -0.0514. The van der Waals surface area contributed by atoms with Crippen molar-refractivity contribution in [2.75, 3.05) is 40.5 Å². The number of benzene rings is 3. The lowest BCUT2D eigenvalue weighted by molar-refractivity contribution is 0.0913. The molecule has 0 amide bonds. The third-order valence-electron chi connectivity index (χ3n) is 4.83. The van der Waals surface area contributed by atoms with Crippen LogP contribution in [0, 0.1) is 0 Å². The molecule has 0 saturated heterocycles. The maximum Gasteiger partial charge on any atom is 0.203 e. The van der Waals surface area contributed by atoms with E-state index in [1.807, 2.05) is 36.4 Å². The Hall–Kier alpha value is -3.12. The smallest absolute Gasteiger partial charge is 0.203 e. The van der Waals surface area contributed by atoms with Crippen molar-refractivity contribution >= 4 is 10.8 Å². The van der Waals surface area contributed by atoms with Gasteiger partial charge in [-0.15, -0.1) is 0 Å². The number of hydrogen-bond donors (Lipinski definition) is 1. The molecule has 0 aromatic heterocycles. The summed E-state index contributed by atoms with van der Waals surface area (Å²) >= 11 is 0. The molecule has 0 bridgehead atoms. The molecule has 1 unspecified atom stereocenters. The van der Waals surface area contributed by atoms with Crippen LogP contribution in [-0.2, 0) is 0 Å². The highest BCUT2D eigenvalue weighted by Crippen LogP contribution is 2.38. The molecule has 1 heterocycles. The normalized spacial score (nSPS) is 15.2. The molecular weight excluding hydrogens is 370 g/mol. The van der Waals surface area contributed by atoms with E-state index in [1.165, 1.54) is 0 Å². The fourth-order valence-corrected chi connectivity index (χ4v) is 3.40. The predicted octanol–water partition coefficient (Wildman–Crippen LogP) is 3.67. The van der Waals surface area contributed by atoms with Gasteiger partial charge in [-0.25, -0.2) is 0 Å². The zero-order chi connectivity index (χ0) is 20.1. The van der Waals surface area contributed by atoms with Gasteiger partial charge in [0.2, 0.25) is 5.75 Å². The van der Waals surface area contributed by atoms with Crippen LogP contribution in [0.1, 0.15) is 0 Å². The number of ether oxygens (including phenoxy) is 5. The van der Waals surface area contributed by atoms with E-state index in [4.69, 9.17) is 23.7 Å². The monoisotopic (exact) mass is 395 g/mol. The van der Waals surface area contributed by atoms with Crippen LogP contribution in [0.15, 0.2) is 54.6 Å². The molecule has 1 atom stereocenters. The van der Waals surface area contributed by atoms with Crippen LogP contribution in [0.25, 0.3) is 10.8 Å². The highest BCUT2D eigenvalue weighted by atomic mass is 16.6. The molecule has 152 valence electrons. The summed E-state index contributed by atoms with van der Waals surface area (Å²) in [7, 11) is 3.22. The maximum atomic E-state index is 6.11.